The Kier molecular flexibility index (Phi) is 5.29. The van der Waals surface area contributed by atoms with E-state index in [-0.39, 0.29) is 12.5 Å². The Hall–Kier alpha value is -4.00. The van der Waals surface area contributed by atoms with Gasteiger partial charge < -0.3 is 14.6 Å². The molecule has 2 heterocycles. The molecule has 7 nitrogen and oxygen atoms in total. The van der Waals surface area contributed by atoms with Crippen molar-refractivity contribution in [3.63, 3.8) is 0 Å². The predicted octanol–water partition coefficient (Wildman–Crippen LogP) is 4.27. The first kappa shape index (κ1) is 18.4. The average molecular weight is 386 g/mol. The number of hydrogen-bond donors (Lipinski definition) is 1. The lowest BCUT2D eigenvalue weighted by molar-refractivity contribution is 0.102. The molecule has 1 N–H and O–H groups in total. The van der Waals surface area contributed by atoms with Crippen molar-refractivity contribution >= 4 is 11.7 Å². The topological polar surface area (TPSA) is 90.1 Å². The summed E-state index contributed by atoms with van der Waals surface area (Å²) in [6.45, 7) is 2.08. The van der Waals surface area contributed by atoms with Crippen LogP contribution >= 0.6 is 0 Å². The summed E-state index contributed by atoms with van der Waals surface area (Å²) in [6, 6.07) is 22.0. The first-order chi connectivity index (χ1) is 14.2. The van der Waals surface area contributed by atoms with Gasteiger partial charge in [-0.25, -0.2) is 0 Å². The van der Waals surface area contributed by atoms with Crippen LogP contribution in [0, 0.1) is 6.92 Å². The molecule has 0 unspecified atom stereocenters. The van der Waals surface area contributed by atoms with Gasteiger partial charge in [-0.15, -0.1) is 10.2 Å². The van der Waals surface area contributed by atoms with Gasteiger partial charge in [0.25, 0.3) is 5.91 Å². The van der Waals surface area contributed by atoms with Gasteiger partial charge in [-0.1, -0.05) is 53.7 Å². The monoisotopic (exact) mass is 386 g/mol. The molecule has 0 spiro atoms. The SMILES string of the molecule is Cc1onc(-c2ccccc2)c1COc1ccc(NC(=O)c2ccccc2)nn1. The summed E-state index contributed by atoms with van der Waals surface area (Å²) in [5, 5.41) is 14.9. The number of carbonyl (C=O) groups excluding carboxylic acids is 1. The minimum atomic E-state index is -0.249. The first-order valence-corrected chi connectivity index (χ1v) is 9.04. The number of aryl methyl sites for hydroxylation is 1. The van der Waals surface area contributed by atoms with Gasteiger partial charge >= 0.3 is 0 Å². The third kappa shape index (κ3) is 4.30. The Morgan fingerprint density at radius 3 is 2.38 bits per heavy atom. The summed E-state index contributed by atoms with van der Waals surface area (Å²) in [4.78, 5) is 12.2. The van der Waals surface area contributed by atoms with Crippen LogP contribution in [0.2, 0.25) is 0 Å². The van der Waals surface area contributed by atoms with E-state index in [0.29, 0.717) is 23.0 Å². The quantitative estimate of drug-likeness (QED) is 0.532. The lowest BCUT2D eigenvalue weighted by Gasteiger charge is -2.07. The van der Waals surface area contributed by atoms with Crippen molar-refractivity contribution in [2.75, 3.05) is 5.32 Å². The molecule has 0 aliphatic rings. The zero-order chi connectivity index (χ0) is 20.1. The van der Waals surface area contributed by atoms with Crippen LogP contribution in [0.25, 0.3) is 11.3 Å². The summed E-state index contributed by atoms with van der Waals surface area (Å²) in [5.74, 6) is 1.12. The number of amides is 1. The van der Waals surface area contributed by atoms with Crippen molar-refractivity contribution in [2.45, 2.75) is 13.5 Å². The third-order valence-corrected chi connectivity index (χ3v) is 4.31. The van der Waals surface area contributed by atoms with Gasteiger partial charge in [-0.2, -0.15) is 0 Å². The summed E-state index contributed by atoms with van der Waals surface area (Å²) < 4.78 is 11.1. The second-order valence-electron chi connectivity index (χ2n) is 6.30. The van der Waals surface area contributed by atoms with Crippen molar-refractivity contribution in [2.24, 2.45) is 0 Å². The molecule has 0 saturated heterocycles. The number of ether oxygens (including phenoxy) is 1. The van der Waals surface area contributed by atoms with Crippen LogP contribution in [-0.4, -0.2) is 21.3 Å². The highest BCUT2D eigenvalue weighted by molar-refractivity contribution is 6.03. The number of benzene rings is 2. The maximum atomic E-state index is 12.2. The molecular weight excluding hydrogens is 368 g/mol. The molecular formula is C22H18N4O3. The van der Waals surface area contributed by atoms with E-state index in [1.165, 1.54) is 0 Å². The zero-order valence-electron chi connectivity index (χ0n) is 15.7. The van der Waals surface area contributed by atoms with Gasteiger partial charge in [-0.3, -0.25) is 4.79 Å². The van der Waals surface area contributed by atoms with E-state index in [4.69, 9.17) is 9.26 Å². The predicted molar refractivity (Wildman–Crippen MR) is 107 cm³/mol. The summed E-state index contributed by atoms with van der Waals surface area (Å²) in [6.07, 6.45) is 0. The molecule has 4 aromatic rings. The Balaban J connectivity index is 1.42. The maximum absolute atomic E-state index is 12.2. The van der Waals surface area contributed by atoms with Gasteiger partial charge in [0.15, 0.2) is 5.82 Å². The molecule has 4 rings (SSSR count). The van der Waals surface area contributed by atoms with Gasteiger partial charge in [0.2, 0.25) is 5.88 Å². The average Bonchev–Trinajstić information content (AvgIpc) is 3.15. The Labute approximate surface area is 167 Å². The largest absolute Gasteiger partial charge is 0.472 e. The summed E-state index contributed by atoms with van der Waals surface area (Å²) in [7, 11) is 0. The molecule has 0 atom stereocenters. The molecule has 0 aliphatic heterocycles. The molecule has 0 bridgehead atoms. The fourth-order valence-electron chi connectivity index (χ4n) is 2.77. The number of nitrogens with one attached hydrogen (secondary N) is 1. The van der Waals surface area contributed by atoms with Crippen LogP contribution in [0.3, 0.4) is 0 Å². The van der Waals surface area contributed by atoms with Crippen molar-refractivity contribution < 1.29 is 14.1 Å². The normalized spacial score (nSPS) is 10.5. The van der Waals surface area contributed by atoms with E-state index in [1.807, 2.05) is 43.3 Å². The second kappa shape index (κ2) is 8.35. The number of aromatic nitrogens is 3. The minimum absolute atomic E-state index is 0.240. The number of hydrogen-bond acceptors (Lipinski definition) is 6. The molecule has 7 heteroatoms. The highest BCUT2D eigenvalue weighted by Crippen LogP contribution is 2.26. The minimum Gasteiger partial charge on any atom is -0.472 e. The third-order valence-electron chi connectivity index (χ3n) is 4.31. The molecule has 1 amide bonds. The van der Waals surface area contributed by atoms with E-state index in [1.54, 1.807) is 36.4 Å². The van der Waals surface area contributed by atoms with Crippen LogP contribution in [-0.2, 0) is 6.61 Å². The highest BCUT2D eigenvalue weighted by Gasteiger charge is 2.15. The van der Waals surface area contributed by atoms with Gasteiger partial charge in [-0.05, 0) is 25.1 Å². The Morgan fingerprint density at radius 2 is 1.69 bits per heavy atom. The van der Waals surface area contributed by atoms with Crippen molar-refractivity contribution in [1.82, 2.24) is 15.4 Å². The highest BCUT2D eigenvalue weighted by atomic mass is 16.5. The maximum Gasteiger partial charge on any atom is 0.256 e. The van der Waals surface area contributed by atoms with E-state index in [2.05, 4.69) is 20.7 Å². The van der Waals surface area contributed by atoms with Crippen molar-refractivity contribution in [3.05, 3.63) is 89.7 Å². The van der Waals surface area contributed by atoms with Gasteiger partial charge in [0.1, 0.15) is 18.1 Å². The Bertz CT molecular complexity index is 1090. The van der Waals surface area contributed by atoms with E-state index in [0.717, 1.165) is 16.8 Å². The van der Waals surface area contributed by atoms with Crippen LogP contribution in [0.5, 0.6) is 5.88 Å². The number of rotatable bonds is 6. The molecule has 0 saturated carbocycles. The molecule has 0 radical (unpaired) electrons. The van der Waals surface area contributed by atoms with Crippen molar-refractivity contribution in [1.29, 1.82) is 0 Å². The molecule has 2 aromatic heterocycles. The lowest BCUT2D eigenvalue weighted by Crippen LogP contribution is -2.13. The summed E-state index contributed by atoms with van der Waals surface area (Å²) >= 11 is 0. The fraction of sp³-hybridized carbons (Fsp3) is 0.0909. The first-order valence-electron chi connectivity index (χ1n) is 9.04. The van der Waals surface area contributed by atoms with Crippen LogP contribution < -0.4 is 10.1 Å². The zero-order valence-corrected chi connectivity index (χ0v) is 15.7. The van der Waals surface area contributed by atoms with Gasteiger partial charge in [0, 0.05) is 17.2 Å². The van der Waals surface area contributed by atoms with E-state index in [9.17, 15) is 4.79 Å². The van der Waals surface area contributed by atoms with Crippen LogP contribution in [0.4, 0.5) is 5.82 Å². The smallest absolute Gasteiger partial charge is 0.256 e. The van der Waals surface area contributed by atoms with Gasteiger partial charge in [0.05, 0.1) is 5.56 Å². The second-order valence-corrected chi connectivity index (χ2v) is 6.30. The lowest BCUT2D eigenvalue weighted by atomic mass is 10.1. The molecule has 2 aromatic carbocycles. The summed E-state index contributed by atoms with van der Waals surface area (Å²) in [5.41, 5.74) is 3.08. The standard InChI is InChI=1S/C22H18N4O3/c1-15-18(21(26-29-15)16-8-4-2-5-9-16)14-28-20-13-12-19(24-25-20)23-22(27)17-10-6-3-7-11-17/h2-13H,14H2,1H3,(H,23,24,27). The molecule has 0 fully saturated rings. The van der Waals surface area contributed by atoms with E-state index < -0.39 is 0 Å². The fourth-order valence-corrected chi connectivity index (χ4v) is 2.77. The molecule has 144 valence electrons. The number of carbonyl (C=O) groups is 1. The number of anilines is 1. The van der Waals surface area contributed by atoms with E-state index >= 15 is 0 Å². The molecule has 29 heavy (non-hydrogen) atoms. The Morgan fingerprint density at radius 1 is 0.966 bits per heavy atom. The van der Waals surface area contributed by atoms with Crippen LogP contribution in [0.15, 0.2) is 77.3 Å². The number of nitrogens with zero attached hydrogens (tertiary/aromatic N) is 3. The molecule has 0 aliphatic carbocycles. The van der Waals surface area contributed by atoms with Crippen molar-refractivity contribution in [3.8, 4) is 17.1 Å². The van der Waals surface area contributed by atoms with Crippen LogP contribution in [0.1, 0.15) is 21.7 Å².